The molecule has 0 bridgehead atoms. The van der Waals surface area contributed by atoms with Gasteiger partial charge in [-0.3, -0.25) is 4.79 Å². The van der Waals surface area contributed by atoms with Crippen LogP contribution >= 0.6 is 0 Å². The quantitative estimate of drug-likeness (QED) is 0.738. The number of methoxy groups -OCH3 is 1. The Kier molecular flexibility index (Phi) is 6.69. The average molecular weight is 356 g/mol. The number of nitrogens with zero attached hydrogens (tertiary/aromatic N) is 2. The Bertz CT molecular complexity index is 754. The Morgan fingerprint density at radius 1 is 1.19 bits per heavy atom. The molecule has 1 heterocycles. The summed E-state index contributed by atoms with van der Waals surface area (Å²) < 4.78 is 5.03. The van der Waals surface area contributed by atoms with Gasteiger partial charge in [-0.05, 0) is 36.5 Å². The van der Waals surface area contributed by atoms with Crippen LogP contribution in [-0.2, 0) is 10.2 Å². The number of para-hydroxylation sites is 1. The van der Waals surface area contributed by atoms with Crippen molar-refractivity contribution in [2.45, 2.75) is 39.5 Å². The molecule has 2 N–H and O–H groups in total. The summed E-state index contributed by atoms with van der Waals surface area (Å²) in [7, 11) is 1.67. The maximum absolute atomic E-state index is 12.7. The molecule has 0 saturated heterocycles. The second kappa shape index (κ2) is 8.76. The lowest BCUT2D eigenvalue weighted by Crippen LogP contribution is -2.20. The molecule has 6 nitrogen and oxygen atoms in total. The van der Waals surface area contributed by atoms with Crippen molar-refractivity contribution in [1.82, 2.24) is 9.97 Å². The highest BCUT2D eigenvalue weighted by Crippen LogP contribution is 2.29. The number of anilines is 2. The van der Waals surface area contributed by atoms with Crippen molar-refractivity contribution < 1.29 is 9.53 Å². The van der Waals surface area contributed by atoms with Crippen LogP contribution in [0.3, 0.4) is 0 Å². The van der Waals surface area contributed by atoms with Crippen molar-refractivity contribution in [3.63, 3.8) is 0 Å². The summed E-state index contributed by atoms with van der Waals surface area (Å²) in [5.74, 6) is 0.211. The molecule has 0 saturated carbocycles. The van der Waals surface area contributed by atoms with E-state index in [1.54, 1.807) is 13.2 Å². The SMILES string of the molecule is COCCCNc1nc(C)cc(C(=O)Nc2ccccc2C(C)(C)C)n1. The highest BCUT2D eigenvalue weighted by Gasteiger charge is 2.19. The maximum Gasteiger partial charge on any atom is 0.274 e. The average Bonchev–Trinajstić information content (AvgIpc) is 2.58. The molecule has 26 heavy (non-hydrogen) atoms. The topological polar surface area (TPSA) is 76.1 Å². The number of aromatic nitrogens is 2. The van der Waals surface area contributed by atoms with Crippen LogP contribution in [0.25, 0.3) is 0 Å². The molecule has 0 radical (unpaired) electrons. The third-order valence-corrected chi connectivity index (χ3v) is 3.88. The summed E-state index contributed by atoms with van der Waals surface area (Å²) in [4.78, 5) is 21.4. The van der Waals surface area contributed by atoms with Crippen LogP contribution in [0.5, 0.6) is 0 Å². The van der Waals surface area contributed by atoms with Crippen molar-refractivity contribution in [3.05, 3.63) is 47.3 Å². The Morgan fingerprint density at radius 3 is 2.62 bits per heavy atom. The van der Waals surface area contributed by atoms with Gasteiger partial charge in [0.05, 0.1) is 0 Å². The van der Waals surface area contributed by atoms with Crippen molar-refractivity contribution in [1.29, 1.82) is 0 Å². The molecule has 1 amide bonds. The van der Waals surface area contributed by atoms with E-state index >= 15 is 0 Å². The maximum atomic E-state index is 12.7. The monoisotopic (exact) mass is 356 g/mol. The number of amides is 1. The normalized spacial score (nSPS) is 11.3. The fraction of sp³-hybridized carbons (Fsp3) is 0.450. The first-order valence-corrected chi connectivity index (χ1v) is 8.80. The van der Waals surface area contributed by atoms with Crippen LogP contribution in [-0.4, -0.2) is 36.1 Å². The minimum atomic E-state index is -0.243. The van der Waals surface area contributed by atoms with E-state index in [4.69, 9.17) is 4.74 Å². The number of rotatable bonds is 7. The molecule has 1 aromatic heterocycles. The molecule has 2 rings (SSSR count). The van der Waals surface area contributed by atoms with Crippen LogP contribution in [0.2, 0.25) is 0 Å². The summed E-state index contributed by atoms with van der Waals surface area (Å²) in [6, 6.07) is 9.53. The van der Waals surface area contributed by atoms with Crippen LogP contribution in [0.15, 0.2) is 30.3 Å². The van der Waals surface area contributed by atoms with E-state index in [0.717, 1.165) is 23.4 Å². The smallest absolute Gasteiger partial charge is 0.274 e. The van der Waals surface area contributed by atoms with Gasteiger partial charge in [-0.15, -0.1) is 0 Å². The fourth-order valence-corrected chi connectivity index (χ4v) is 2.61. The number of carbonyl (C=O) groups is 1. The second-order valence-corrected chi connectivity index (χ2v) is 7.24. The Balaban J connectivity index is 2.16. The molecule has 0 aliphatic carbocycles. The van der Waals surface area contributed by atoms with Gasteiger partial charge < -0.3 is 15.4 Å². The second-order valence-electron chi connectivity index (χ2n) is 7.24. The largest absolute Gasteiger partial charge is 0.385 e. The molecule has 2 aromatic rings. The van der Waals surface area contributed by atoms with Gasteiger partial charge >= 0.3 is 0 Å². The molecule has 1 aromatic carbocycles. The van der Waals surface area contributed by atoms with Gasteiger partial charge in [0.1, 0.15) is 5.69 Å². The van der Waals surface area contributed by atoms with E-state index in [0.29, 0.717) is 24.8 Å². The summed E-state index contributed by atoms with van der Waals surface area (Å²) in [5, 5.41) is 6.12. The molecule has 0 unspecified atom stereocenters. The standard InChI is InChI=1S/C20H28N4O2/c1-14-13-17(24-19(22-14)21-11-8-12-26-5)18(25)23-16-10-7-6-9-15(16)20(2,3)4/h6-7,9-10,13H,8,11-12H2,1-5H3,(H,23,25)(H,21,22,24). The summed E-state index contributed by atoms with van der Waals surface area (Å²) in [5.41, 5.74) is 2.89. The van der Waals surface area contributed by atoms with Crippen molar-refractivity contribution in [3.8, 4) is 0 Å². The van der Waals surface area contributed by atoms with Crippen molar-refractivity contribution in [2.75, 3.05) is 30.9 Å². The Hall–Kier alpha value is -2.47. The predicted molar refractivity (Wildman–Crippen MR) is 105 cm³/mol. The minimum Gasteiger partial charge on any atom is -0.385 e. The van der Waals surface area contributed by atoms with E-state index < -0.39 is 0 Å². The fourth-order valence-electron chi connectivity index (χ4n) is 2.61. The number of nitrogens with one attached hydrogen (secondary N) is 2. The van der Waals surface area contributed by atoms with Gasteiger partial charge in [0.15, 0.2) is 0 Å². The van der Waals surface area contributed by atoms with Crippen LogP contribution in [0.1, 0.15) is 48.9 Å². The molecule has 0 aliphatic rings. The van der Waals surface area contributed by atoms with E-state index in [1.807, 2.05) is 31.2 Å². The number of hydrogen-bond acceptors (Lipinski definition) is 5. The summed E-state index contributed by atoms with van der Waals surface area (Å²) in [6.45, 7) is 9.56. The van der Waals surface area contributed by atoms with E-state index in [1.165, 1.54) is 0 Å². The third-order valence-electron chi connectivity index (χ3n) is 3.88. The van der Waals surface area contributed by atoms with E-state index in [2.05, 4.69) is 41.4 Å². The predicted octanol–water partition coefficient (Wildman–Crippen LogP) is 3.78. The number of benzene rings is 1. The van der Waals surface area contributed by atoms with E-state index in [9.17, 15) is 4.79 Å². The zero-order chi connectivity index (χ0) is 19.2. The number of ether oxygens (including phenoxy) is 1. The highest BCUT2D eigenvalue weighted by molar-refractivity contribution is 6.03. The number of aryl methyl sites for hydroxylation is 1. The molecule has 0 atom stereocenters. The van der Waals surface area contributed by atoms with Gasteiger partial charge in [-0.1, -0.05) is 39.0 Å². The van der Waals surface area contributed by atoms with Gasteiger partial charge in [0.2, 0.25) is 5.95 Å². The summed E-state index contributed by atoms with van der Waals surface area (Å²) in [6.07, 6.45) is 0.842. The van der Waals surface area contributed by atoms with Crippen molar-refractivity contribution >= 4 is 17.5 Å². The lowest BCUT2D eigenvalue weighted by atomic mass is 9.86. The molecular weight excluding hydrogens is 328 g/mol. The zero-order valence-electron chi connectivity index (χ0n) is 16.2. The molecule has 0 spiro atoms. The first kappa shape index (κ1) is 19.8. The van der Waals surface area contributed by atoms with Gasteiger partial charge in [-0.2, -0.15) is 0 Å². The molecule has 6 heteroatoms. The van der Waals surface area contributed by atoms with Crippen LogP contribution in [0, 0.1) is 6.92 Å². The third kappa shape index (κ3) is 5.52. The van der Waals surface area contributed by atoms with Crippen LogP contribution < -0.4 is 10.6 Å². The molecule has 0 aliphatic heterocycles. The lowest BCUT2D eigenvalue weighted by molar-refractivity contribution is 0.102. The van der Waals surface area contributed by atoms with E-state index in [-0.39, 0.29) is 11.3 Å². The van der Waals surface area contributed by atoms with Crippen LogP contribution in [0.4, 0.5) is 11.6 Å². The molecular formula is C20H28N4O2. The number of carbonyl (C=O) groups excluding carboxylic acids is 1. The Labute approximate surface area is 155 Å². The van der Waals surface area contributed by atoms with Gasteiger partial charge in [0, 0.05) is 31.6 Å². The number of hydrogen-bond donors (Lipinski definition) is 2. The van der Waals surface area contributed by atoms with Gasteiger partial charge in [-0.25, -0.2) is 9.97 Å². The molecule has 140 valence electrons. The molecule has 0 fully saturated rings. The first-order chi connectivity index (χ1) is 12.3. The highest BCUT2D eigenvalue weighted by atomic mass is 16.5. The zero-order valence-corrected chi connectivity index (χ0v) is 16.2. The first-order valence-electron chi connectivity index (χ1n) is 8.80. The lowest BCUT2D eigenvalue weighted by Gasteiger charge is -2.23. The minimum absolute atomic E-state index is 0.0699. The summed E-state index contributed by atoms with van der Waals surface area (Å²) >= 11 is 0. The van der Waals surface area contributed by atoms with Gasteiger partial charge in [0.25, 0.3) is 5.91 Å². The van der Waals surface area contributed by atoms with Crippen molar-refractivity contribution in [2.24, 2.45) is 0 Å². The Morgan fingerprint density at radius 2 is 1.92 bits per heavy atom.